The first-order valence-corrected chi connectivity index (χ1v) is 11.4. The largest absolute Gasteiger partial charge is 0.469 e. The predicted octanol–water partition coefficient (Wildman–Crippen LogP) is 4.70. The van der Waals surface area contributed by atoms with E-state index >= 15 is 0 Å². The second-order valence-corrected chi connectivity index (χ2v) is 10.7. The summed E-state index contributed by atoms with van der Waals surface area (Å²) in [6, 6.07) is 2.44. The molecule has 5 rings (SSSR count). The first-order valence-electron chi connectivity index (χ1n) is 11.4. The van der Waals surface area contributed by atoms with Crippen molar-refractivity contribution in [3.63, 3.8) is 0 Å². The third kappa shape index (κ3) is 2.89. The van der Waals surface area contributed by atoms with Crippen LogP contribution in [0.3, 0.4) is 0 Å². The van der Waals surface area contributed by atoms with E-state index in [1.807, 2.05) is 0 Å². The molecule has 0 aromatic rings. The SMILES string of the molecule is COCO[C@@H]1[C@@H](CC#N)[C@H]2CC[C@@]13CC[C@H]1[C@@](C)(CCC[C@@]1(C)C(=O)OC)[C@@H]3C2. The number of ether oxygens (including phenoxy) is 3. The van der Waals surface area contributed by atoms with Gasteiger partial charge in [0.2, 0.25) is 0 Å². The maximum Gasteiger partial charge on any atom is 0.311 e. The minimum Gasteiger partial charge on any atom is -0.469 e. The topological polar surface area (TPSA) is 68.5 Å². The van der Waals surface area contributed by atoms with Crippen molar-refractivity contribution in [2.45, 2.75) is 77.7 Å². The Morgan fingerprint density at radius 2 is 1.86 bits per heavy atom. The smallest absolute Gasteiger partial charge is 0.311 e. The van der Waals surface area contributed by atoms with Crippen molar-refractivity contribution in [2.75, 3.05) is 21.0 Å². The Bertz CT molecular complexity index is 689. The molecule has 0 amide bonds. The molecule has 1 spiro atoms. The van der Waals surface area contributed by atoms with Crippen molar-refractivity contribution in [3.05, 3.63) is 0 Å². The highest BCUT2D eigenvalue weighted by Gasteiger charge is 2.69. The fraction of sp³-hybridized carbons (Fsp3) is 0.917. The van der Waals surface area contributed by atoms with Gasteiger partial charge in [-0.1, -0.05) is 13.3 Å². The van der Waals surface area contributed by atoms with Gasteiger partial charge < -0.3 is 14.2 Å². The highest BCUT2D eigenvalue weighted by molar-refractivity contribution is 5.77. The van der Waals surface area contributed by atoms with Crippen LogP contribution in [-0.4, -0.2) is 33.1 Å². The van der Waals surface area contributed by atoms with Gasteiger partial charge >= 0.3 is 5.97 Å². The van der Waals surface area contributed by atoms with Crippen LogP contribution in [0.1, 0.15) is 71.6 Å². The van der Waals surface area contributed by atoms with Gasteiger partial charge in [-0.25, -0.2) is 0 Å². The van der Waals surface area contributed by atoms with Crippen LogP contribution >= 0.6 is 0 Å². The molecule has 5 fully saturated rings. The van der Waals surface area contributed by atoms with Crippen molar-refractivity contribution in [1.29, 1.82) is 5.26 Å². The van der Waals surface area contributed by atoms with Crippen LogP contribution in [0.15, 0.2) is 0 Å². The van der Waals surface area contributed by atoms with Crippen molar-refractivity contribution in [1.82, 2.24) is 0 Å². The second-order valence-electron chi connectivity index (χ2n) is 10.7. The molecule has 0 radical (unpaired) electrons. The fourth-order valence-corrected chi connectivity index (χ4v) is 8.73. The van der Waals surface area contributed by atoms with E-state index in [-0.39, 0.29) is 28.3 Å². The molecular weight excluding hydrogens is 366 g/mol. The summed E-state index contributed by atoms with van der Waals surface area (Å²) in [4.78, 5) is 12.8. The quantitative estimate of drug-likeness (QED) is 0.491. The highest BCUT2D eigenvalue weighted by Crippen LogP contribution is 2.73. The summed E-state index contributed by atoms with van der Waals surface area (Å²) < 4.78 is 17.0. The molecule has 0 aromatic carbocycles. The maximum atomic E-state index is 12.8. The number of carbonyl (C=O) groups is 1. The third-order valence-electron chi connectivity index (χ3n) is 9.79. The van der Waals surface area contributed by atoms with Gasteiger partial charge in [0.25, 0.3) is 0 Å². The van der Waals surface area contributed by atoms with Crippen LogP contribution in [0, 0.1) is 51.2 Å². The first kappa shape index (κ1) is 21.1. The summed E-state index contributed by atoms with van der Waals surface area (Å²) in [5.74, 6) is 1.75. The van der Waals surface area contributed by atoms with E-state index in [2.05, 4.69) is 19.9 Å². The Labute approximate surface area is 175 Å². The average molecular weight is 404 g/mol. The maximum absolute atomic E-state index is 12.8. The molecule has 5 aliphatic carbocycles. The number of nitrogens with zero attached hydrogens (tertiary/aromatic N) is 1. The summed E-state index contributed by atoms with van der Waals surface area (Å²) in [5.41, 5.74) is -0.131. The Hall–Kier alpha value is -1.12. The van der Waals surface area contributed by atoms with Crippen LogP contribution < -0.4 is 0 Å². The fourth-order valence-electron chi connectivity index (χ4n) is 8.73. The Balaban J connectivity index is 1.72. The molecule has 0 heterocycles. The number of rotatable bonds is 5. The van der Waals surface area contributed by atoms with Crippen molar-refractivity contribution in [3.8, 4) is 6.07 Å². The number of esters is 1. The number of nitriles is 1. The number of fused-ring (bicyclic) bond motifs is 3. The molecule has 5 heteroatoms. The number of hydrogen-bond donors (Lipinski definition) is 0. The third-order valence-corrected chi connectivity index (χ3v) is 9.79. The minimum absolute atomic E-state index is 0.0279. The summed E-state index contributed by atoms with van der Waals surface area (Å²) in [7, 11) is 3.21. The van der Waals surface area contributed by atoms with E-state index in [1.54, 1.807) is 7.11 Å². The van der Waals surface area contributed by atoms with Crippen LogP contribution in [0.5, 0.6) is 0 Å². The molecule has 5 saturated carbocycles. The van der Waals surface area contributed by atoms with Crippen LogP contribution in [0.2, 0.25) is 0 Å². The van der Waals surface area contributed by atoms with E-state index in [1.165, 1.54) is 32.8 Å². The van der Waals surface area contributed by atoms with Crippen LogP contribution in [0.25, 0.3) is 0 Å². The van der Waals surface area contributed by atoms with Gasteiger partial charge in [0.1, 0.15) is 6.79 Å². The van der Waals surface area contributed by atoms with Gasteiger partial charge in [0.05, 0.1) is 24.7 Å². The first-order chi connectivity index (χ1) is 13.9. The average Bonchev–Trinajstić information content (AvgIpc) is 2.72. The molecule has 0 aromatic heterocycles. The zero-order valence-corrected chi connectivity index (χ0v) is 18.5. The lowest BCUT2D eigenvalue weighted by atomic mass is 9.35. The zero-order valence-electron chi connectivity index (χ0n) is 18.5. The molecule has 5 nitrogen and oxygen atoms in total. The van der Waals surface area contributed by atoms with E-state index in [9.17, 15) is 10.1 Å². The molecule has 2 bridgehead atoms. The Morgan fingerprint density at radius 1 is 1.10 bits per heavy atom. The van der Waals surface area contributed by atoms with E-state index in [4.69, 9.17) is 14.2 Å². The molecule has 5 aliphatic rings. The van der Waals surface area contributed by atoms with Crippen molar-refractivity contribution in [2.24, 2.45) is 39.9 Å². The standard InChI is InChI=1S/C24H37NO4/c1-22-9-5-10-23(2,21(26)28-4)18(22)7-12-24-11-6-16(14-19(22)24)17(8-13-25)20(24)29-15-27-3/h16-20H,5-12,14-15H2,1-4H3/t16-,17-,18-,19-,20+,22+,23+,24-/m0/s1. The number of hydrogen-bond acceptors (Lipinski definition) is 5. The predicted molar refractivity (Wildman–Crippen MR) is 109 cm³/mol. The molecule has 0 saturated heterocycles. The van der Waals surface area contributed by atoms with Crippen molar-refractivity contribution < 1.29 is 19.0 Å². The van der Waals surface area contributed by atoms with Crippen LogP contribution in [0.4, 0.5) is 0 Å². The second kappa shape index (κ2) is 7.54. The van der Waals surface area contributed by atoms with Gasteiger partial charge in [0.15, 0.2) is 0 Å². The molecule has 0 aliphatic heterocycles. The minimum atomic E-state index is -0.380. The molecule has 0 N–H and O–H groups in total. The summed E-state index contributed by atoms with van der Waals surface area (Å²) >= 11 is 0. The molecular formula is C24H37NO4. The lowest BCUT2D eigenvalue weighted by molar-refractivity contribution is -0.268. The number of methoxy groups -OCH3 is 2. The zero-order chi connectivity index (χ0) is 20.9. The Kier molecular flexibility index (Phi) is 5.49. The van der Waals surface area contributed by atoms with Crippen molar-refractivity contribution >= 4 is 5.97 Å². The molecule has 162 valence electrons. The summed E-state index contributed by atoms with van der Waals surface area (Å²) in [6.45, 7) is 4.90. The van der Waals surface area contributed by atoms with Gasteiger partial charge in [-0.3, -0.25) is 4.79 Å². The van der Waals surface area contributed by atoms with Gasteiger partial charge in [0, 0.05) is 24.9 Å². The van der Waals surface area contributed by atoms with E-state index in [0.29, 0.717) is 36.9 Å². The van der Waals surface area contributed by atoms with Gasteiger partial charge in [-0.15, -0.1) is 0 Å². The summed E-state index contributed by atoms with van der Waals surface area (Å²) in [5, 5.41) is 9.49. The van der Waals surface area contributed by atoms with E-state index < -0.39 is 0 Å². The van der Waals surface area contributed by atoms with E-state index in [0.717, 1.165) is 25.7 Å². The highest BCUT2D eigenvalue weighted by atomic mass is 16.7. The lowest BCUT2D eigenvalue weighted by Crippen LogP contribution is -2.67. The monoisotopic (exact) mass is 403 g/mol. The lowest BCUT2D eigenvalue weighted by Gasteiger charge is -2.70. The van der Waals surface area contributed by atoms with Crippen LogP contribution in [-0.2, 0) is 19.0 Å². The normalized spacial score (nSPS) is 48.3. The van der Waals surface area contributed by atoms with Gasteiger partial charge in [-0.05, 0) is 75.0 Å². The molecule has 29 heavy (non-hydrogen) atoms. The summed E-state index contributed by atoms with van der Waals surface area (Å²) in [6.07, 6.45) is 9.61. The number of carbonyl (C=O) groups excluding carboxylic acids is 1. The molecule has 8 atom stereocenters. The van der Waals surface area contributed by atoms with Gasteiger partial charge in [-0.2, -0.15) is 5.26 Å². The molecule has 0 unspecified atom stereocenters. The Morgan fingerprint density at radius 3 is 2.55 bits per heavy atom.